The monoisotopic (exact) mass is 258 g/mol. The lowest BCUT2D eigenvalue weighted by molar-refractivity contribution is -0.143. The lowest BCUT2D eigenvalue weighted by Gasteiger charge is -2.33. The molecule has 0 spiro atoms. The van der Waals surface area contributed by atoms with Crippen LogP contribution in [0.4, 0.5) is 4.79 Å². The van der Waals surface area contributed by atoms with E-state index >= 15 is 0 Å². The van der Waals surface area contributed by atoms with Gasteiger partial charge in [-0.05, 0) is 33.1 Å². The molecule has 2 unspecified atom stereocenters. The number of carboxylic acids is 1. The molecule has 2 amide bonds. The second-order valence-corrected chi connectivity index (χ2v) is 4.55. The first-order valence-corrected chi connectivity index (χ1v) is 6.44. The van der Waals surface area contributed by atoms with Crippen molar-refractivity contribution in [1.82, 2.24) is 10.2 Å². The van der Waals surface area contributed by atoms with Crippen molar-refractivity contribution in [3.63, 3.8) is 0 Å². The van der Waals surface area contributed by atoms with Gasteiger partial charge in [0.1, 0.15) is 6.04 Å². The maximum absolute atomic E-state index is 12.0. The highest BCUT2D eigenvalue weighted by Gasteiger charge is 2.32. The van der Waals surface area contributed by atoms with Crippen molar-refractivity contribution in [2.45, 2.75) is 45.2 Å². The molecule has 0 aromatic rings. The maximum atomic E-state index is 12.0. The second kappa shape index (κ2) is 7.20. The Morgan fingerprint density at radius 3 is 2.83 bits per heavy atom. The third-order valence-corrected chi connectivity index (χ3v) is 2.99. The Morgan fingerprint density at radius 1 is 1.50 bits per heavy atom. The molecule has 2 atom stereocenters. The average Bonchev–Trinajstić information content (AvgIpc) is 2.36. The molecule has 0 aromatic carbocycles. The first-order chi connectivity index (χ1) is 8.56. The molecule has 1 saturated heterocycles. The summed E-state index contributed by atoms with van der Waals surface area (Å²) in [5.41, 5.74) is 0. The number of piperidine rings is 1. The predicted molar refractivity (Wildman–Crippen MR) is 66.5 cm³/mol. The maximum Gasteiger partial charge on any atom is 0.326 e. The summed E-state index contributed by atoms with van der Waals surface area (Å²) in [4.78, 5) is 24.5. The number of hydrogen-bond donors (Lipinski definition) is 2. The fraction of sp³-hybridized carbons (Fsp3) is 0.833. The van der Waals surface area contributed by atoms with E-state index in [0.717, 1.165) is 12.8 Å². The van der Waals surface area contributed by atoms with E-state index in [4.69, 9.17) is 9.84 Å². The van der Waals surface area contributed by atoms with Crippen LogP contribution in [0.5, 0.6) is 0 Å². The van der Waals surface area contributed by atoms with Crippen LogP contribution in [-0.4, -0.2) is 53.8 Å². The smallest absolute Gasteiger partial charge is 0.326 e. The minimum absolute atomic E-state index is 0.117. The lowest BCUT2D eigenvalue weighted by Crippen LogP contribution is -2.54. The van der Waals surface area contributed by atoms with E-state index in [1.165, 1.54) is 4.90 Å². The molecule has 0 aliphatic carbocycles. The number of nitrogens with one attached hydrogen (secondary N) is 1. The number of carboxylic acid groups (broad SMARTS) is 1. The van der Waals surface area contributed by atoms with Gasteiger partial charge in [0.2, 0.25) is 0 Å². The number of aliphatic carboxylic acids is 1. The zero-order chi connectivity index (χ0) is 13.5. The van der Waals surface area contributed by atoms with Crippen LogP contribution in [0.3, 0.4) is 0 Å². The van der Waals surface area contributed by atoms with Crippen LogP contribution in [0.1, 0.15) is 33.1 Å². The van der Waals surface area contributed by atoms with Gasteiger partial charge in [0, 0.05) is 13.2 Å². The number of urea groups is 1. The van der Waals surface area contributed by atoms with Gasteiger partial charge in [-0.2, -0.15) is 0 Å². The summed E-state index contributed by atoms with van der Waals surface area (Å²) in [6, 6.07) is -1.12. The highest BCUT2D eigenvalue weighted by Crippen LogP contribution is 2.17. The fourth-order valence-corrected chi connectivity index (χ4v) is 2.06. The molecular weight excluding hydrogens is 236 g/mol. The molecule has 104 valence electrons. The molecule has 1 aliphatic rings. The van der Waals surface area contributed by atoms with E-state index in [-0.39, 0.29) is 12.1 Å². The standard InChI is InChI=1S/C12H22N2O4/c1-3-18-8-9(2)13-12(17)14-7-5-4-6-10(14)11(15)16/h9-10H,3-8H2,1-2H3,(H,13,17)(H,15,16). The van der Waals surface area contributed by atoms with Gasteiger partial charge in [0.05, 0.1) is 12.6 Å². The summed E-state index contributed by atoms with van der Waals surface area (Å²) in [6.07, 6.45) is 2.24. The van der Waals surface area contributed by atoms with E-state index in [1.54, 1.807) is 0 Å². The largest absolute Gasteiger partial charge is 0.480 e. The number of hydrogen-bond acceptors (Lipinski definition) is 3. The molecule has 2 N–H and O–H groups in total. The van der Waals surface area contributed by atoms with Crippen LogP contribution in [0.15, 0.2) is 0 Å². The van der Waals surface area contributed by atoms with Gasteiger partial charge < -0.3 is 20.1 Å². The highest BCUT2D eigenvalue weighted by molar-refractivity contribution is 5.83. The molecule has 6 nitrogen and oxygen atoms in total. The molecular formula is C12H22N2O4. The minimum Gasteiger partial charge on any atom is -0.480 e. The first kappa shape index (κ1) is 14.8. The molecule has 18 heavy (non-hydrogen) atoms. The van der Waals surface area contributed by atoms with Gasteiger partial charge >= 0.3 is 12.0 Å². The quantitative estimate of drug-likeness (QED) is 0.773. The summed E-state index contributed by atoms with van der Waals surface area (Å²) >= 11 is 0. The Labute approximate surface area is 107 Å². The van der Waals surface area contributed by atoms with E-state index in [0.29, 0.717) is 26.2 Å². The van der Waals surface area contributed by atoms with Crippen molar-refractivity contribution < 1.29 is 19.4 Å². The summed E-state index contributed by atoms with van der Waals surface area (Å²) in [5, 5.41) is 11.9. The fourth-order valence-electron chi connectivity index (χ4n) is 2.06. The van der Waals surface area contributed by atoms with Crippen molar-refractivity contribution in [3.05, 3.63) is 0 Å². The molecule has 1 aliphatic heterocycles. The molecule has 1 rings (SSSR count). The van der Waals surface area contributed by atoms with Gasteiger partial charge in [-0.3, -0.25) is 0 Å². The van der Waals surface area contributed by atoms with Gasteiger partial charge in [-0.25, -0.2) is 9.59 Å². The Hall–Kier alpha value is -1.30. The number of likely N-dealkylation sites (tertiary alicyclic amines) is 1. The number of amides is 2. The van der Waals surface area contributed by atoms with Crippen molar-refractivity contribution in [2.24, 2.45) is 0 Å². The Balaban J connectivity index is 2.50. The Kier molecular flexibility index (Phi) is 5.91. The van der Waals surface area contributed by atoms with E-state index < -0.39 is 12.0 Å². The molecule has 0 aromatic heterocycles. The average molecular weight is 258 g/mol. The second-order valence-electron chi connectivity index (χ2n) is 4.55. The summed E-state index contributed by atoms with van der Waals surface area (Å²) in [5.74, 6) is -0.928. The van der Waals surface area contributed by atoms with Crippen molar-refractivity contribution in [3.8, 4) is 0 Å². The summed E-state index contributed by atoms with van der Waals surface area (Å²) in [6.45, 7) is 5.27. The van der Waals surface area contributed by atoms with Crippen LogP contribution in [0, 0.1) is 0 Å². The summed E-state index contributed by atoms with van der Waals surface area (Å²) < 4.78 is 5.21. The zero-order valence-corrected chi connectivity index (χ0v) is 11.0. The Bertz CT molecular complexity index is 296. The van der Waals surface area contributed by atoms with Crippen LogP contribution < -0.4 is 5.32 Å². The highest BCUT2D eigenvalue weighted by atomic mass is 16.5. The van der Waals surface area contributed by atoms with Gasteiger partial charge in [-0.15, -0.1) is 0 Å². The van der Waals surface area contributed by atoms with E-state index in [9.17, 15) is 9.59 Å². The predicted octanol–water partition coefficient (Wildman–Crippen LogP) is 1.06. The first-order valence-electron chi connectivity index (χ1n) is 6.44. The number of nitrogens with zero attached hydrogens (tertiary/aromatic N) is 1. The topological polar surface area (TPSA) is 78.9 Å². The minimum atomic E-state index is -0.928. The number of rotatable bonds is 5. The molecule has 1 heterocycles. The van der Waals surface area contributed by atoms with Crippen molar-refractivity contribution in [2.75, 3.05) is 19.8 Å². The number of carbonyl (C=O) groups excluding carboxylic acids is 1. The molecule has 0 radical (unpaired) electrons. The van der Waals surface area contributed by atoms with Crippen molar-refractivity contribution >= 4 is 12.0 Å². The SMILES string of the molecule is CCOCC(C)NC(=O)N1CCCCC1C(=O)O. The normalized spacial score (nSPS) is 21.4. The molecule has 6 heteroatoms. The molecule has 1 fully saturated rings. The lowest BCUT2D eigenvalue weighted by atomic mass is 10.0. The number of carbonyl (C=O) groups is 2. The van der Waals surface area contributed by atoms with Crippen LogP contribution in [0.2, 0.25) is 0 Å². The molecule has 0 saturated carbocycles. The number of ether oxygens (including phenoxy) is 1. The third kappa shape index (κ3) is 4.18. The van der Waals surface area contributed by atoms with Crippen molar-refractivity contribution in [1.29, 1.82) is 0 Å². The zero-order valence-electron chi connectivity index (χ0n) is 11.0. The van der Waals surface area contributed by atoms with E-state index in [1.807, 2.05) is 13.8 Å². The van der Waals surface area contributed by atoms with Crippen LogP contribution >= 0.6 is 0 Å². The van der Waals surface area contributed by atoms with Crippen LogP contribution in [0.25, 0.3) is 0 Å². The Morgan fingerprint density at radius 2 is 2.22 bits per heavy atom. The van der Waals surface area contributed by atoms with Gasteiger partial charge in [-0.1, -0.05) is 0 Å². The van der Waals surface area contributed by atoms with Crippen LogP contribution in [-0.2, 0) is 9.53 Å². The van der Waals surface area contributed by atoms with Gasteiger partial charge in [0.15, 0.2) is 0 Å². The summed E-state index contributed by atoms with van der Waals surface area (Å²) in [7, 11) is 0. The molecule has 0 bridgehead atoms. The van der Waals surface area contributed by atoms with E-state index in [2.05, 4.69) is 5.32 Å². The van der Waals surface area contributed by atoms with Gasteiger partial charge in [0.25, 0.3) is 0 Å². The third-order valence-electron chi connectivity index (χ3n) is 2.99.